The van der Waals surface area contributed by atoms with E-state index in [9.17, 15) is 0 Å². The Kier molecular flexibility index (Phi) is 4.90. The van der Waals surface area contributed by atoms with Crippen molar-refractivity contribution in [3.05, 3.63) is 18.0 Å². The number of aromatic nitrogens is 2. The van der Waals surface area contributed by atoms with E-state index in [-0.39, 0.29) is 0 Å². The Morgan fingerprint density at radius 2 is 2.00 bits per heavy atom. The van der Waals surface area contributed by atoms with Crippen molar-refractivity contribution in [1.29, 1.82) is 0 Å². The highest BCUT2D eigenvalue weighted by Gasteiger charge is 1.99. The Morgan fingerprint density at radius 1 is 1.36 bits per heavy atom. The van der Waals surface area contributed by atoms with Gasteiger partial charge in [0.05, 0.1) is 0 Å². The van der Waals surface area contributed by atoms with Gasteiger partial charge in [0.15, 0.2) is 5.16 Å². The normalized spacial score (nSPS) is 10.9. The van der Waals surface area contributed by atoms with Crippen molar-refractivity contribution in [3.8, 4) is 0 Å². The molecule has 0 aliphatic rings. The van der Waals surface area contributed by atoms with E-state index >= 15 is 0 Å². The zero-order valence-corrected chi connectivity index (χ0v) is 9.55. The van der Waals surface area contributed by atoms with E-state index in [1.54, 1.807) is 24.2 Å². The van der Waals surface area contributed by atoms with Crippen LogP contribution in [-0.4, -0.2) is 15.7 Å². The summed E-state index contributed by atoms with van der Waals surface area (Å²) in [6.45, 7) is 4.95. The van der Waals surface area contributed by atoms with Gasteiger partial charge >= 0.3 is 0 Å². The van der Waals surface area contributed by atoms with Crippen molar-refractivity contribution >= 4 is 11.8 Å². The summed E-state index contributed by atoms with van der Waals surface area (Å²) in [7, 11) is 0. The smallest absolute Gasteiger partial charge is 0.187 e. The Balaban J connectivity index is 2.36. The summed E-state index contributed by atoms with van der Waals surface area (Å²) in [4.78, 5) is 8.44. The van der Waals surface area contributed by atoms with Gasteiger partial charge in [-0.05, 0) is 12.3 Å². The van der Waals surface area contributed by atoms with Crippen LogP contribution in [0, 0.1) is 5.92 Å². The van der Waals surface area contributed by atoms with Crippen molar-refractivity contribution in [2.45, 2.75) is 32.0 Å². The average Bonchev–Trinajstić information content (AvgIpc) is 2.18. The molecule has 1 heterocycles. The molecule has 0 aromatic carbocycles. The first-order chi connectivity index (χ1) is 6.72. The second-order valence-electron chi connectivity index (χ2n) is 3.61. The highest BCUT2D eigenvalue weighted by atomic mass is 32.2. The van der Waals surface area contributed by atoms with E-state index in [2.05, 4.69) is 23.8 Å². The minimum absolute atomic E-state index is 0.511. The van der Waals surface area contributed by atoms with Crippen LogP contribution in [0.3, 0.4) is 0 Å². The monoisotopic (exact) mass is 211 g/mol. The van der Waals surface area contributed by atoms with Gasteiger partial charge in [0.25, 0.3) is 0 Å². The fourth-order valence-corrected chi connectivity index (χ4v) is 1.94. The lowest BCUT2D eigenvalue weighted by Crippen LogP contribution is -1.99. The first-order valence-electron chi connectivity index (χ1n) is 4.86. The van der Waals surface area contributed by atoms with Crippen molar-refractivity contribution in [1.82, 2.24) is 9.97 Å². The number of thioether (sulfide) groups is 1. The standard InChI is InChI=1S/C10H17N3S/c1-8(2)3-4-14-10-12-6-9(5-11)7-13-10/h6-8H,3-5,11H2,1-2H3. The fourth-order valence-electron chi connectivity index (χ4n) is 0.909. The van der Waals surface area contributed by atoms with E-state index in [4.69, 9.17) is 5.73 Å². The number of rotatable bonds is 5. The van der Waals surface area contributed by atoms with E-state index in [1.807, 2.05) is 0 Å². The van der Waals surface area contributed by atoms with Gasteiger partial charge in [-0.15, -0.1) is 0 Å². The maximum atomic E-state index is 5.45. The zero-order valence-electron chi connectivity index (χ0n) is 8.73. The lowest BCUT2D eigenvalue weighted by Gasteiger charge is -2.03. The van der Waals surface area contributed by atoms with Crippen LogP contribution in [0.5, 0.6) is 0 Å². The molecule has 78 valence electrons. The summed E-state index contributed by atoms with van der Waals surface area (Å²) < 4.78 is 0. The molecular formula is C10H17N3S. The molecule has 1 aromatic rings. The number of nitrogens with two attached hydrogens (primary N) is 1. The van der Waals surface area contributed by atoms with Crippen molar-refractivity contribution in [3.63, 3.8) is 0 Å². The topological polar surface area (TPSA) is 51.8 Å². The molecule has 3 nitrogen and oxygen atoms in total. The fraction of sp³-hybridized carbons (Fsp3) is 0.600. The highest BCUT2D eigenvalue weighted by Crippen LogP contribution is 2.15. The van der Waals surface area contributed by atoms with Crippen LogP contribution >= 0.6 is 11.8 Å². The van der Waals surface area contributed by atoms with E-state index in [1.165, 1.54) is 6.42 Å². The van der Waals surface area contributed by atoms with Gasteiger partial charge in [0, 0.05) is 30.3 Å². The lowest BCUT2D eigenvalue weighted by molar-refractivity contribution is 0.631. The lowest BCUT2D eigenvalue weighted by atomic mass is 10.2. The Bertz CT molecular complexity index is 259. The van der Waals surface area contributed by atoms with Crippen LogP contribution in [0.25, 0.3) is 0 Å². The number of hydrogen-bond donors (Lipinski definition) is 1. The molecule has 0 radical (unpaired) electrons. The first-order valence-corrected chi connectivity index (χ1v) is 5.84. The molecule has 0 fully saturated rings. The van der Waals surface area contributed by atoms with E-state index < -0.39 is 0 Å². The molecule has 0 bridgehead atoms. The summed E-state index contributed by atoms with van der Waals surface area (Å²) >= 11 is 1.70. The summed E-state index contributed by atoms with van der Waals surface area (Å²) in [5.74, 6) is 1.82. The van der Waals surface area contributed by atoms with Gasteiger partial charge in [-0.1, -0.05) is 25.6 Å². The Labute approximate surface area is 89.5 Å². The molecular weight excluding hydrogens is 194 g/mol. The molecule has 1 aromatic heterocycles. The predicted molar refractivity (Wildman–Crippen MR) is 60.1 cm³/mol. The molecule has 4 heteroatoms. The second kappa shape index (κ2) is 5.98. The maximum absolute atomic E-state index is 5.45. The Morgan fingerprint density at radius 3 is 2.50 bits per heavy atom. The van der Waals surface area contributed by atoms with Crippen molar-refractivity contribution in [2.24, 2.45) is 11.7 Å². The van der Waals surface area contributed by atoms with Crippen LogP contribution in [0.2, 0.25) is 0 Å². The summed E-state index contributed by atoms with van der Waals surface area (Å²) in [6.07, 6.45) is 4.79. The van der Waals surface area contributed by atoms with Gasteiger partial charge in [-0.25, -0.2) is 9.97 Å². The number of nitrogens with zero attached hydrogens (tertiary/aromatic N) is 2. The molecule has 0 amide bonds. The molecule has 0 saturated carbocycles. The summed E-state index contributed by atoms with van der Waals surface area (Å²) in [5.41, 5.74) is 6.44. The van der Waals surface area contributed by atoms with Gasteiger partial charge in [0.2, 0.25) is 0 Å². The third-order valence-electron chi connectivity index (χ3n) is 1.84. The molecule has 0 atom stereocenters. The molecule has 0 unspecified atom stereocenters. The first kappa shape index (κ1) is 11.5. The summed E-state index contributed by atoms with van der Waals surface area (Å²) in [6, 6.07) is 0. The largest absolute Gasteiger partial charge is 0.326 e. The molecule has 2 N–H and O–H groups in total. The molecule has 0 aliphatic carbocycles. The number of hydrogen-bond acceptors (Lipinski definition) is 4. The molecule has 14 heavy (non-hydrogen) atoms. The molecule has 0 aliphatic heterocycles. The molecule has 0 saturated heterocycles. The SMILES string of the molecule is CC(C)CCSc1ncc(CN)cn1. The third-order valence-corrected chi connectivity index (χ3v) is 2.75. The van der Waals surface area contributed by atoms with Crippen molar-refractivity contribution in [2.75, 3.05) is 5.75 Å². The summed E-state index contributed by atoms with van der Waals surface area (Å²) in [5, 5.41) is 0.850. The maximum Gasteiger partial charge on any atom is 0.187 e. The predicted octanol–water partition coefficient (Wildman–Crippen LogP) is 2.07. The van der Waals surface area contributed by atoms with Crippen molar-refractivity contribution < 1.29 is 0 Å². The minimum Gasteiger partial charge on any atom is -0.326 e. The Hall–Kier alpha value is -0.610. The van der Waals surface area contributed by atoms with Gasteiger partial charge in [0.1, 0.15) is 0 Å². The van der Waals surface area contributed by atoms with Crippen LogP contribution in [0.15, 0.2) is 17.6 Å². The van der Waals surface area contributed by atoms with Crippen LogP contribution in [-0.2, 0) is 6.54 Å². The van der Waals surface area contributed by atoms with Gasteiger partial charge in [-0.2, -0.15) is 0 Å². The van der Waals surface area contributed by atoms with Gasteiger partial charge in [-0.3, -0.25) is 0 Å². The van der Waals surface area contributed by atoms with Crippen LogP contribution < -0.4 is 5.73 Å². The zero-order chi connectivity index (χ0) is 10.4. The van der Waals surface area contributed by atoms with E-state index in [0.29, 0.717) is 6.54 Å². The van der Waals surface area contributed by atoms with Crippen LogP contribution in [0.1, 0.15) is 25.8 Å². The molecule has 0 spiro atoms. The quantitative estimate of drug-likeness (QED) is 0.598. The molecule has 1 rings (SSSR count). The second-order valence-corrected chi connectivity index (χ2v) is 4.67. The highest BCUT2D eigenvalue weighted by molar-refractivity contribution is 7.99. The average molecular weight is 211 g/mol. The van der Waals surface area contributed by atoms with E-state index in [0.717, 1.165) is 22.4 Å². The van der Waals surface area contributed by atoms with Gasteiger partial charge < -0.3 is 5.73 Å². The minimum atomic E-state index is 0.511. The van der Waals surface area contributed by atoms with Crippen LogP contribution in [0.4, 0.5) is 0 Å². The third kappa shape index (κ3) is 4.07.